The van der Waals surface area contributed by atoms with Crippen molar-refractivity contribution in [3.63, 3.8) is 0 Å². The topological polar surface area (TPSA) is 104 Å². The predicted molar refractivity (Wildman–Crippen MR) is 116 cm³/mol. The summed E-state index contributed by atoms with van der Waals surface area (Å²) in [5.74, 6) is -0.820. The number of sulfonamides is 1. The number of benzene rings is 2. The maximum absolute atomic E-state index is 12.8. The van der Waals surface area contributed by atoms with E-state index in [4.69, 9.17) is 0 Å². The van der Waals surface area contributed by atoms with E-state index < -0.39 is 16.1 Å². The van der Waals surface area contributed by atoms with Gasteiger partial charge >= 0.3 is 0 Å². The molecule has 0 unspecified atom stereocenters. The SMILES string of the molecule is Cc1cccc(C(=O)N[C@@H](C(=O)Nc2ccc(S(=O)(=O)NC3CC3)cc2)C(C)C)c1. The van der Waals surface area contributed by atoms with Crippen LogP contribution in [0, 0.1) is 12.8 Å². The average molecular weight is 430 g/mol. The van der Waals surface area contributed by atoms with Crippen LogP contribution in [-0.4, -0.2) is 32.3 Å². The van der Waals surface area contributed by atoms with Crippen LogP contribution in [0.1, 0.15) is 42.6 Å². The highest BCUT2D eigenvalue weighted by molar-refractivity contribution is 7.89. The molecule has 30 heavy (non-hydrogen) atoms. The molecule has 0 aliphatic heterocycles. The number of aryl methyl sites for hydroxylation is 1. The first kappa shape index (κ1) is 22.0. The van der Waals surface area contributed by atoms with E-state index >= 15 is 0 Å². The van der Waals surface area contributed by atoms with Crippen molar-refractivity contribution in [2.45, 2.75) is 50.6 Å². The van der Waals surface area contributed by atoms with Gasteiger partial charge in [0, 0.05) is 17.3 Å². The highest BCUT2D eigenvalue weighted by Crippen LogP contribution is 2.23. The van der Waals surface area contributed by atoms with Gasteiger partial charge in [-0.05, 0) is 62.1 Å². The van der Waals surface area contributed by atoms with Crippen LogP contribution in [0.2, 0.25) is 0 Å². The Bertz CT molecular complexity index is 1030. The van der Waals surface area contributed by atoms with Gasteiger partial charge in [0.15, 0.2) is 0 Å². The van der Waals surface area contributed by atoms with Crippen molar-refractivity contribution in [3.8, 4) is 0 Å². The Kier molecular flexibility index (Phi) is 6.58. The molecule has 2 aromatic carbocycles. The summed E-state index contributed by atoms with van der Waals surface area (Å²) in [6.45, 7) is 5.59. The van der Waals surface area contributed by atoms with Crippen LogP contribution in [-0.2, 0) is 14.8 Å². The standard InChI is InChI=1S/C22H27N3O4S/c1-14(2)20(24-21(26)16-6-4-5-15(3)13-16)22(27)23-17-9-11-19(12-10-17)30(28,29)25-18-7-8-18/h4-6,9-14,18,20,25H,7-8H2,1-3H3,(H,23,27)(H,24,26)/t20-/m1/s1. The summed E-state index contributed by atoms with van der Waals surface area (Å²) < 4.78 is 27.1. The molecule has 2 amide bonds. The molecule has 0 heterocycles. The first-order chi connectivity index (χ1) is 14.2. The van der Waals surface area contributed by atoms with Gasteiger partial charge in [-0.3, -0.25) is 9.59 Å². The molecule has 1 aliphatic carbocycles. The fraction of sp³-hybridized carbons (Fsp3) is 0.364. The highest BCUT2D eigenvalue weighted by atomic mass is 32.2. The second-order valence-electron chi connectivity index (χ2n) is 7.97. The lowest BCUT2D eigenvalue weighted by atomic mass is 10.0. The Hall–Kier alpha value is -2.71. The third-order valence-electron chi connectivity index (χ3n) is 4.85. The Balaban J connectivity index is 1.66. The van der Waals surface area contributed by atoms with Gasteiger partial charge in [0.05, 0.1) is 4.90 Å². The van der Waals surface area contributed by atoms with E-state index in [-0.39, 0.29) is 28.7 Å². The molecule has 1 aliphatic rings. The summed E-state index contributed by atoms with van der Waals surface area (Å²) in [5.41, 5.74) is 1.91. The fourth-order valence-electron chi connectivity index (χ4n) is 2.97. The second kappa shape index (κ2) is 8.97. The van der Waals surface area contributed by atoms with Crippen molar-refractivity contribution < 1.29 is 18.0 Å². The minimum absolute atomic E-state index is 0.0261. The Morgan fingerprint density at radius 1 is 1.03 bits per heavy atom. The van der Waals surface area contributed by atoms with Crippen LogP contribution < -0.4 is 15.4 Å². The molecule has 0 saturated heterocycles. The van der Waals surface area contributed by atoms with Crippen LogP contribution in [0.3, 0.4) is 0 Å². The van der Waals surface area contributed by atoms with Crippen molar-refractivity contribution >= 4 is 27.5 Å². The highest BCUT2D eigenvalue weighted by Gasteiger charge is 2.28. The van der Waals surface area contributed by atoms with Gasteiger partial charge in [-0.15, -0.1) is 0 Å². The molecule has 0 radical (unpaired) electrons. The number of hydrogen-bond acceptors (Lipinski definition) is 4. The summed E-state index contributed by atoms with van der Waals surface area (Å²) in [5, 5.41) is 5.54. The van der Waals surface area contributed by atoms with Crippen LogP contribution >= 0.6 is 0 Å². The summed E-state index contributed by atoms with van der Waals surface area (Å²) >= 11 is 0. The van der Waals surface area contributed by atoms with Crippen LogP contribution in [0.4, 0.5) is 5.69 Å². The smallest absolute Gasteiger partial charge is 0.251 e. The largest absolute Gasteiger partial charge is 0.340 e. The van der Waals surface area contributed by atoms with Gasteiger partial charge in [0.1, 0.15) is 6.04 Å². The van der Waals surface area contributed by atoms with Crippen LogP contribution in [0.15, 0.2) is 53.4 Å². The van der Waals surface area contributed by atoms with E-state index in [1.807, 2.05) is 26.8 Å². The van der Waals surface area contributed by atoms with Crippen molar-refractivity contribution in [2.75, 3.05) is 5.32 Å². The molecule has 160 valence electrons. The number of carbonyl (C=O) groups is 2. The number of anilines is 1. The summed E-state index contributed by atoms with van der Waals surface area (Å²) in [6, 6.07) is 12.4. The first-order valence-corrected chi connectivity index (χ1v) is 11.4. The lowest BCUT2D eigenvalue weighted by Crippen LogP contribution is -2.47. The van der Waals surface area contributed by atoms with Crippen LogP contribution in [0.5, 0.6) is 0 Å². The zero-order valence-corrected chi connectivity index (χ0v) is 18.1. The monoisotopic (exact) mass is 429 g/mol. The molecular weight excluding hydrogens is 402 g/mol. The molecule has 8 heteroatoms. The Morgan fingerprint density at radius 3 is 2.27 bits per heavy atom. The maximum Gasteiger partial charge on any atom is 0.251 e. The molecule has 1 fully saturated rings. The molecule has 0 bridgehead atoms. The van der Waals surface area contributed by atoms with Gasteiger partial charge in [0.2, 0.25) is 15.9 Å². The quantitative estimate of drug-likeness (QED) is 0.600. The van der Waals surface area contributed by atoms with E-state index in [2.05, 4.69) is 15.4 Å². The number of amides is 2. The van der Waals surface area contributed by atoms with Crippen molar-refractivity contribution in [2.24, 2.45) is 5.92 Å². The molecule has 2 aromatic rings. The lowest BCUT2D eigenvalue weighted by molar-refractivity contribution is -0.118. The number of carbonyl (C=O) groups excluding carboxylic acids is 2. The minimum atomic E-state index is -3.54. The number of rotatable bonds is 8. The van der Waals surface area contributed by atoms with E-state index in [0.717, 1.165) is 18.4 Å². The zero-order chi connectivity index (χ0) is 21.9. The van der Waals surface area contributed by atoms with E-state index in [1.165, 1.54) is 12.1 Å². The van der Waals surface area contributed by atoms with Crippen molar-refractivity contribution in [1.29, 1.82) is 0 Å². The van der Waals surface area contributed by atoms with Gasteiger partial charge in [0.25, 0.3) is 5.91 Å². The second-order valence-corrected chi connectivity index (χ2v) is 9.69. The normalized spacial score (nSPS) is 14.9. The fourth-order valence-corrected chi connectivity index (χ4v) is 4.28. The molecule has 7 nitrogen and oxygen atoms in total. The van der Waals surface area contributed by atoms with E-state index in [1.54, 1.807) is 30.3 Å². The third kappa shape index (κ3) is 5.67. The molecule has 1 atom stereocenters. The Morgan fingerprint density at radius 2 is 1.70 bits per heavy atom. The molecule has 3 rings (SSSR count). The van der Waals surface area contributed by atoms with Gasteiger partial charge in [-0.25, -0.2) is 13.1 Å². The molecule has 0 spiro atoms. The number of nitrogens with one attached hydrogen (secondary N) is 3. The maximum atomic E-state index is 12.8. The Labute approximate surface area is 177 Å². The molecule has 3 N–H and O–H groups in total. The van der Waals surface area contributed by atoms with E-state index in [0.29, 0.717) is 11.3 Å². The van der Waals surface area contributed by atoms with Crippen LogP contribution in [0.25, 0.3) is 0 Å². The third-order valence-corrected chi connectivity index (χ3v) is 6.38. The summed E-state index contributed by atoms with van der Waals surface area (Å²) in [4.78, 5) is 25.5. The van der Waals surface area contributed by atoms with Crippen molar-refractivity contribution in [1.82, 2.24) is 10.0 Å². The average Bonchev–Trinajstić information content (AvgIpc) is 3.49. The minimum Gasteiger partial charge on any atom is -0.340 e. The summed E-state index contributed by atoms with van der Waals surface area (Å²) in [7, 11) is -3.54. The zero-order valence-electron chi connectivity index (χ0n) is 17.3. The molecule has 1 saturated carbocycles. The van der Waals surface area contributed by atoms with Crippen molar-refractivity contribution in [3.05, 3.63) is 59.7 Å². The van der Waals surface area contributed by atoms with E-state index in [9.17, 15) is 18.0 Å². The lowest BCUT2D eigenvalue weighted by Gasteiger charge is -2.22. The van der Waals surface area contributed by atoms with Gasteiger partial charge in [-0.1, -0.05) is 31.5 Å². The molecule has 0 aromatic heterocycles. The molecular formula is C22H27N3O4S. The summed E-state index contributed by atoms with van der Waals surface area (Å²) in [6.07, 6.45) is 1.72. The number of hydrogen-bond donors (Lipinski definition) is 3. The first-order valence-electron chi connectivity index (χ1n) is 9.96. The van der Waals surface area contributed by atoms with Gasteiger partial charge in [-0.2, -0.15) is 0 Å². The predicted octanol–water partition coefficient (Wildman–Crippen LogP) is 2.83. The van der Waals surface area contributed by atoms with Gasteiger partial charge < -0.3 is 10.6 Å².